The molecular weight excluding hydrogens is 452 g/mol. The fraction of sp³-hybridized carbons (Fsp3) is 0.286. The molecule has 8 heteroatoms. The first-order chi connectivity index (χ1) is 17.5. The van der Waals surface area contributed by atoms with E-state index >= 15 is 0 Å². The zero-order chi connectivity index (χ0) is 25.1. The zero-order valence-electron chi connectivity index (χ0n) is 20.6. The third kappa shape index (κ3) is 4.93. The number of para-hydroxylation sites is 1. The number of anilines is 2. The summed E-state index contributed by atoms with van der Waals surface area (Å²) in [6, 6.07) is 19.8. The van der Waals surface area contributed by atoms with Crippen molar-refractivity contribution in [1.82, 2.24) is 19.4 Å². The van der Waals surface area contributed by atoms with E-state index in [1.165, 1.54) is 12.6 Å². The molecule has 2 aromatic carbocycles. The highest BCUT2D eigenvalue weighted by Gasteiger charge is 2.29. The first kappa shape index (κ1) is 23.5. The van der Waals surface area contributed by atoms with Crippen molar-refractivity contribution in [3.05, 3.63) is 84.4 Å². The standard InChI is InChI=1S/C28H30N6O2/c1-20-18-32(24-9-4-3-5-10-24)14-15-34(20)28(36)22-16-25-27(26(17-22)31-21(2)35)33(19-30-25)13-11-23-8-6-7-12-29-23/h3-10,12,16-17,19-20H,11,13-15,18H2,1-2H3,(H,31,35)/t20-/m1/s1. The third-order valence-electron chi connectivity index (χ3n) is 6.62. The summed E-state index contributed by atoms with van der Waals surface area (Å²) in [6.07, 6.45) is 4.27. The van der Waals surface area contributed by atoms with Crippen LogP contribution < -0.4 is 10.2 Å². The molecular formula is C28H30N6O2. The number of imidazole rings is 1. The van der Waals surface area contributed by atoms with Crippen LogP contribution in [-0.2, 0) is 17.8 Å². The Morgan fingerprint density at radius 1 is 1.03 bits per heavy atom. The fourth-order valence-corrected chi connectivity index (χ4v) is 4.87. The van der Waals surface area contributed by atoms with Gasteiger partial charge in [-0.25, -0.2) is 4.98 Å². The Morgan fingerprint density at radius 3 is 2.56 bits per heavy atom. The second kappa shape index (κ2) is 10.2. The lowest BCUT2D eigenvalue weighted by molar-refractivity contribution is -0.114. The molecule has 3 heterocycles. The molecule has 2 amide bonds. The second-order valence-corrected chi connectivity index (χ2v) is 9.21. The Hall–Kier alpha value is -4.20. The van der Waals surface area contributed by atoms with Gasteiger partial charge in [-0.1, -0.05) is 24.3 Å². The van der Waals surface area contributed by atoms with Crippen LogP contribution in [0.3, 0.4) is 0 Å². The number of amides is 2. The minimum Gasteiger partial charge on any atom is -0.368 e. The van der Waals surface area contributed by atoms with Crippen molar-refractivity contribution in [3.8, 4) is 0 Å². The normalized spacial score (nSPS) is 15.8. The van der Waals surface area contributed by atoms with Gasteiger partial charge in [-0.2, -0.15) is 0 Å². The quantitative estimate of drug-likeness (QED) is 0.449. The molecule has 4 aromatic rings. The van der Waals surface area contributed by atoms with Crippen LogP contribution in [-0.4, -0.2) is 56.9 Å². The smallest absolute Gasteiger partial charge is 0.254 e. The number of hydrogen-bond acceptors (Lipinski definition) is 5. The van der Waals surface area contributed by atoms with Crippen LogP contribution in [0.15, 0.2) is 73.2 Å². The predicted molar refractivity (Wildman–Crippen MR) is 141 cm³/mol. The average molecular weight is 483 g/mol. The van der Waals surface area contributed by atoms with E-state index in [0.29, 0.717) is 29.9 Å². The molecule has 184 valence electrons. The molecule has 1 saturated heterocycles. The molecule has 5 rings (SSSR count). The van der Waals surface area contributed by atoms with Crippen LogP contribution in [0.4, 0.5) is 11.4 Å². The van der Waals surface area contributed by atoms with Crippen LogP contribution in [0.1, 0.15) is 29.9 Å². The van der Waals surface area contributed by atoms with Crippen molar-refractivity contribution in [2.75, 3.05) is 29.9 Å². The Bertz CT molecular complexity index is 1370. The monoisotopic (exact) mass is 482 g/mol. The highest BCUT2D eigenvalue weighted by molar-refractivity contribution is 6.05. The maximum absolute atomic E-state index is 13.6. The summed E-state index contributed by atoms with van der Waals surface area (Å²) in [5.74, 6) is -0.241. The summed E-state index contributed by atoms with van der Waals surface area (Å²) in [5.41, 5.74) is 4.76. The van der Waals surface area contributed by atoms with Crippen LogP contribution >= 0.6 is 0 Å². The van der Waals surface area contributed by atoms with Gasteiger partial charge in [0.15, 0.2) is 0 Å². The number of benzene rings is 2. The Labute approximate surface area is 210 Å². The first-order valence-corrected chi connectivity index (χ1v) is 12.3. The summed E-state index contributed by atoms with van der Waals surface area (Å²) < 4.78 is 2.00. The number of aryl methyl sites for hydroxylation is 2. The summed E-state index contributed by atoms with van der Waals surface area (Å²) in [7, 11) is 0. The number of carbonyl (C=O) groups excluding carboxylic acids is 2. The van der Waals surface area contributed by atoms with Gasteiger partial charge >= 0.3 is 0 Å². The number of hydrogen-bond donors (Lipinski definition) is 1. The van der Waals surface area contributed by atoms with Crippen molar-refractivity contribution in [1.29, 1.82) is 0 Å². The maximum Gasteiger partial charge on any atom is 0.254 e. The number of fused-ring (bicyclic) bond motifs is 1. The van der Waals surface area contributed by atoms with E-state index in [2.05, 4.69) is 39.2 Å². The lowest BCUT2D eigenvalue weighted by Crippen LogP contribution is -2.54. The molecule has 1 atom stereocenters. The lowest BCUT2D eigenvalue weighted by atomic mass is 10.1. The number of aromatic nitrogens is 3. The number of nitrogens with one attached hydrogen (secondary N) is 1. The van der Waals surface area contributed by atoms with Crippen molar-refractivity contribution < 1.29 is 9.59 Å². The minimum atomic E-state index is -0.191. The number of nitrogens with zero attached hydrogens (tertiary/aromatic N) is 5. The van der Waals surface area contributed by atoms with E-state index in [0.717, 1.165) is 30.7 Å². The van der Waals surface area contributed by atoms with Gasteiger partial charge in [0.2, 0.25) is 5.91 Å². The second-order valence-electron chi connectivity index (χ2n) is 9.21. The van der Waals surface area contributed by atoms with Gasteiger partial charge in [-0.15, -0.1) is 0 Å². The number of piperazine rings is 1. The van der Waals surface area contributed by atoms with Crippen molar-refractivity contribution in [3.63, 3.8) is 0 Å². The topological polar surface area (TPSA) is 83.4 Å². The van der Waals surface area contributed by atoms with Crippen LogP contribution in [0.5, 0.6) is 0 Å². The number of rotatable bonds is 6. The van der Waals surface area contributed by atoms with Gasteiger partial charge in [0.25, 0.3) is 5.91 Å². The molecule has 0 aliphatic carbocycles. The fourth-order valence-electron chi connectivity index (χ4n) is 4.87. The van der Waals surface area contributed by atoms with E-state index in [1.807, 2.05) is 51.9 Å². The molecule has 0 saturated carbocycles. The van der Waals surface area contributed by atoms with Gasteiger partial charge in [-0.3, -0.25) is 14.6 Å². The summed E-state index contributed by atoms with van der Waals surface area (Å²) >= 11 is 0. The maximum atomic E-state index is 13.6. The van der Waals surface area contributed by atoms with Gasteiger partial charge in [0.1, 0.15) is 0 Å². The van der Waals surface area contributed by atoms with Crippen molar-refractivity contribution in [2.24, 2.45) is 0 Å². The van der Waals surface area contributed by atoms with E-state index in [4.69, 9.17) is 0 Å². The highest BCUT2D eigenvalue weighted by Crippen LogP contribution is 2.28. The van der Waals surface area contributed by atoms with Crippen LogP contribution in [0.2, 0.25) is 0 Å². The molecule has 1 N–H and O–H groups in total. The molecule has 0 spiro atoms. The molecule has 1 aliphatic rings. The Balaban J connectivity index is 1.39. The highest BCUT2D eigenvalue weighted by atomic mass is 16.2. The molecule has 8 nitrogen and oxygen atoms in total. The van der Waals surface area contributed by atoms with Gasteiger partial charge < -0.3 is 19.7 Å². The molecule has 0 unspecified atom stereocenters. The Kier molecular flexibility index (Phi) is 6.66. The summed E-state index contributed by atoms with van der Waals surface area (Å²) in [6.45, 7) is 6.36. The van der Waals surface area contributed by atoms with E-state index < -0.39 is 0 Å². The van der Waals surface area contributed by atoms with Gasteiger partial charge in [0.05, 0.1) is 23.0 Å². The van der Waals surface area contributed by atoms with E-state index in [9.17, 15) is 9.59 Å². The van der Waals surface area contributed by atoms with Crippen molar-refractivity contribution in [2.45, 2.75) is 32.9 Å². The molecule has 0 bridgehead atoms. The SMILES string of the molecule is CC(=O)Nc1cc(C(=O)N2CCN(c3ccccc3)C[C@H]2C)cc2ncn(CCc3ccccn3)c12. The zero-order valence-corrected chi connectivity index (χ0v) is 20.6. The summed E-state index contributed by atoms with van der Waals surface area (Å²) in [4.78, 5) is 38.8. The Morgan fingerprint density at radius 2 is 1.83 bits per heavy atom. The third-order valence-corrected chi connectivity index (χ3v) is 6.62. The molecule has 36 heavy (non-hydrogen) atoms. The average Bonchev–Trinajstić information content (AvgIpc) is 3.31. The van der Waals surface area contributed by atoms with Gasteiger partial charge in [-0.05, 0) is 43.3 Å². The van der Waals surface area contributed by atoms with E-state index in [-0.39, 0.29) is 17.9 Å². The van der Waals surface area contributed by atoms with Crippen LogP contribution in [0.25, 0.3) is 11.0 Å². The van der Waals surface area contributed by atoms with Crippen LogP contribution in [0, 0.1) is 0 Å². The molecule has 0 radical (unpaired) electrons. The molecule has 1 aliphatic heterocycles. The van der Waals surface area contributed by atoms with E-state index in [1.54, 1.807) is 18.6 Å². The van der Waals surface area contributed by atoms with Crippen molar-refractivity contribution >= 4 is 34.2 Å². The molecule has 2 aromatic heterocycles. The first-order valence-electron chi connectivity index (χ1n) is 12.3. The lowest BCUT2D eigenvalue weighted by Gasteiger charge is -2.41. The number of pyridine rings is 1. The largest absolute Gasteiger partial charge is 0.368 e. The number of carbonyl (C=O) groups is 2. The van der Waals surface area contributed by atoms with Gasteiger partial charge in [0, 0.05) is 68.7 Å². The summed E-state index contributed by atoms with van der Waals surface area (Å²) in [5, 5.41) is 2.92. The molecule has 1 fully saturated rings. The minimum absolute atomic E-state index is 0.0438. The predicted octanol–water partition coefficient (Wildman–Crippen LogP) is 3.98.